The monoisotopic (exact) mass is 1760 g/mol. The van der Waals surface area contributed by atoms with Gasteiger partial charge >= 0.3 is 29.8 Å². The standard InChI is InChI=1S/C25H48O2.C24H46O2.C23H44O2.C22H42O2.C21H40O2/c1-4-5-6-7-8-9-10-11-12-13-14-15-16-17-18-19-20-21-22-23-27-25(26)24(2)3;1-4-5-6-7-8-9-10-11-12-13-14-15-16-17-18-19-20-21-22-26-24(25)23(2)3;1-4-5-6-7-8-9-10-11-12-13-14-15-16-17-18-19-20-21-25-23(24)22(2)3;1-4-5-6-7-8-9-10-11-12-13-14-15-16-17-18-19-20-24-22(23)21(2)3;1-4-5-6-7-8-9-10-11-12-13-14-15-16-17-18-19-23-21(22)20(2)3/h2,4-23H2,1,3H3;2,4-22H2,1,3H3;2,4-21H2,1,3H3;2,4-20H2,1,3H3;2,4-19H2,1,3H3. The average Bonchev–Trinajstić information content (AvgIpc) is 1.03. The van der Waals surface area contributed by atoms with E-state index in [-0.39, 0.29) is 29.8 Å². The van der Waals surface area contributed by atoms with E-state index in [0.29, 0.717) is 60.9 Å². The molecule has 0 radical (unpaired) electrons. The second-order valence-electron chi connectivity index (χ2n) is 37.9. The highest BCUT2D eigenvalue weighted by Gasteiger charge is 2.09. The van der Waals surface area contributed by atoms with E-state index in [1.165, 1.54) is 514 Å². The van der Waals surface area contributed by atoms with Crippen LogP contribution < -0.4 is 0 Å². The summed E-state index contributed by atoms with van der Waals surface area (Å²) < 4.78 is 25.4. The Kier molecular flexibility index (Phi) is 120. The van der Waals surface area contributed by atoms with Crippen LogP contribution in [-0.2, 0) is 47.7 Å². The Balaban J connectivity index is -0.000000480. The third-order valence-corrected chi connectivity index (χ3v) is 24.1. The van der Waals surface area contributed by atoms with Crippen molar-refractivity contribution < 1.29 is 47.7 Å². The number of hydrogen-bond donors (Lipinski definition) is 0. The van der Waals surface area contributed by atoms with Gasteiger partial charge in [0.1, 0.15) is 0 Å². The van der Waals surface area contributed by atoms with Gasteiger partial charge in [-0.1, -0.05) is 581 Å². The summed E-state index contributed by atoms with van der Waals surface area (Å²) in [6.45, 7) is 40.5. The minimum atomic E-state index is -0.254. The van der Waals surface area contributed by atoms with Gasteiger partial charge in [0.15, 0.2) is 0 Å². The Hall–Kier alpha value is -3.95. The van der Waals surface area contributed by atoms with Gasteiger partial charge in [0.2, 0.25) is 0 Å². The second-order valence-corrected chi connectivity index (χ2v) is 37.9. The second kappa shape index (κ2) is 116. The number of rotatable bonds is 95. The van der Waals surface area contributed by atoms with Crippen molar-refractivity contribution in [1.82, 2.24) is 0 Å². The van der Waals surface area contributed by atoms with Gasteiger partial charge in [-0.25, -0.2) is 24.0 Å². The predicted molar refractivity (Wildman–Crippen MR) is 550 cm³/mol. The summed E-state index contributed by atoms with van der Waals surface area (Å²) in [6, 6.07) is 0. The number of unbranched alkanes of at least 4 members (excludes halogenated alkanes) is 80. The quantitative estimate of drug-likeness (QED) is 0.0251. The van der Waals surface area contributed by atoms with E-state index < -0.39 is 0 Å². The van der Waals surface area contributed by atoms with E-state index in [4.69, 9.17) is 23.7 Å². The molecule has 0 aliphatic heterocycles. The van der Waals surface area contributed by atoms with Crippen molar-refractivity contribution in [2.45, 2.75) is 615 Å². The molecule has 125 heavy (non-hydrogen) atoms. The van der Waals surface area contributed by atoms with Crippen LogP contribution in [0.3, 0.4) is 0 Å². The van der Waals surface area contributed by atoms with E-state index in [9.17, 15) is 24.0 Å². The van der Waals surface area contributed by atoms with Crippen LogP contribution in [0.15, 0.2) is 60.8 Å². The Morgan fingerprint density at radius 3 is 0.256 bits per heavy atom. The maximum absolute atomic E-state index is 11.2. The molecule has 0 aromatic heterocycles. The number of hydrogen-bond acceptors (Lipinski definition) is 10. The normalized spacial score (nSPS) is 10.8. The fourth-order valence-electron chi connectivity index (χ4n) is 15.6. The average molecular weight is 1760 g/mol. The van der Waals surface area contributed by atoms with Crippen LogP contribution >= 0.6 is 0 Å². The molecule has 740 valence electrons. The fourth-order valence-corrected chi connectivity index (χ4v) is 15.6. The highest BCUT2D eigenvalue weighted by molar-refractivity contribution is 5.88. The first-order valence-electron chi connectivity index (χ1n) is 55.0. The van der Waals surface area contributed by atoms with Gasteiger partial charge in [0.05, 0.1) is 33.0 Å². The third kappa shape index (κ3) is 124. The SMILES string of the molecule is C=C(C)C(=O)OCCCCCCCCCCCCCCCCC.C=C(C)C(=O)OCCCCCCCCCCCCCCCCCC.C=C(C)C(=O)OCCCCCCCCCCCCCCCCCCC.C=C(C)C(=O)OCCCCCCCCCCCCCCCCCCCC.C=C(C)C(=O)OCCCCCCCCCCCCCCCCCCCCC. The molecule has 0 rings (SSSR count). The van der Waals surface area contributed by atoms with Gasteiger partial charge < -0.3 is 23.7 Å². The molecule has 0 N–H and O–H groups in total. The maximum Gasteiger partial charge on any atom is 0.333 e. The smallest absolute Gasteiger partial charge is 0.333 e. The molecular formula is C115H220O10. The van der Waals surface area contributed by atoms with Gasteiger partial charge in [-0.15, -0.1) is 0 Å². The highest BCUT2D eigenvalue weighted by Crippen LogP contribution is 2.22. The zero-order valence-electron chi connectivity index (χ0n) is 86.3. The van der Waals surface area contributed by atoms with E-state index in [2.05, 4.69) is 67.5 Å². The molecule has 0 saturated heterocycles. The Labute approximate surface area is 781 Å². The molecule has 0 aromatic carbocycles. The summed E-state index contributed by atoms with van der Waals surface area (Å²) >= 11 is 0. The molecule has 0 amide bonds. The highest BCUT2D eigenvalue weighted by atomic mass is 16.5. The van der Waals surface area contributed by atoms with Crippen LogP contribution in [0.1, 0.15) is 615 Å². The molecule has 0 unspecified atom stereocenters. The van der Waals surface area contributed by atoms with Crippen LogP contribution in [0.5, 0.6) is 0 Å². The van der Waals surface area contributed by atoms with Crippen molar-refractivity contribution in [3.8, 4) is 0 Å². The summed E-state index contributed by atoms with van der Waals surface area (Å²) in [7, 11) is 0. The maximum atomic E-state index is 11.2. The van der Waals surface area contributed by atoms with E-state index in [1.807, 2.05) is 0 Å². The van der Waals surface area contributed by atoms with Crippen LogP contribution in [0, 0.1) is 0 Å². The Bertz CT molecular complexity index is 2270. The zero-order chi connectivity index (χ0) is 92.9. The lowest BCUT2D eigenvalue weighted by Gasteiger charge is -2.05. The topological polar surface area (TPSA) is 132 Å². The molecule has 0 fully saturated rings. The predicted octanol–water partition coefficient (Wildman–Crippen LogP) is 38.8. The molecule has 0 aliphatic carbocycles. The Morgan fingerprint density at radius 2 is 0.192 bits per heavy atom. The lowest BCUT2D eigenvalue weighted by molar-refractivity contribution is -0.139. The van der Waals surface area contributed by atoms with Crippen LogP contribution in [0.25, 0.3) is 0 Å². The zero-order valence-corrected chi connectivity index (χ0v) is 86.3. The van der Waals surface area contributed by atoms with Gasteiger partial charge in [-0.2, -0.15) is 0 Å². The van der Waals surface area contributed by atoms with Crippen molar-refractivity contribution in [2.75, 3.05) is 33.0 Å². The van der Waals surface area contributed by atoms with E-state index in [1.54, 1.807) is 34.6 Å². The van der Waals surface area contributed by atoms with E-state index in [0.717, 1.165) is 32.1 Å². The summed E-state index contributed by atoms with van der Waals surface area (Å²) in [5, 5.41) is 0. The summed E-state index contributed by atoms with van der Waals surface area (Å²) in [6.07, 6.45) is 116. The number of esters is 5. The van der Waals surface area contributed by atoms with Crippen molar-refractivity contribution >= 4 is 29.8 Å². The van der Waals surface area contributed by atoms with Crippen LogP contribution in [-0.4, -0.2) is 62.9 Å². The van der Waals surface area contributed by atoms with Crippen molar-refractivity contribution in [1.29, 1.82) is 0 Å². The summed E-state index contributed by atoms with van der Waals surface area (Å²) in [5.74, 6) is -1.27. The Morgan fingerprint density at radius 1 is 0.128 bits per heavy atom. The van der Waals surface area contributed by atoms with Gasteiger partial charge in [-0.05, 0) is 66.7 Å². The fraction of sp³-hybridized carbons (Fsp3) is 0.870. The first kappa shape index (κ1) is 130. The summed E-state index contributed by atoms with van der Waals surface area (Å²) in [5.41, 5.74) is 2.46. The molecule has 0 aliphatic rings. The van der Waals surface area contributed by atoms with Crippen molar-refractivity contribution in [3.05, 3.63) is 60.8 Å². The van der Waals surface area contributed by atoms with Gasteiger partial charge in [-0.3, -0.25) is 0 Å². The molecule has 0 heterocycles. The number of ether oxygens (including phenoxy) is 5. The van der Waals surface area contributed by atoms with Crippen molar-refractivity contribution in [2.24, 2.45) is 0 Å². The first-order chi connectivity index (χ1) is 60.9. The number of carbonyl (C=O) groups is 5. The molecule has 0 atom stereocenters. The molecule has 0 spiro atoms. The van der Waals surface area contributed by atoms with Crippen LogP contribution in [0.4, 0.5) is 0 Å². The third-order valence-electron chi connectivity index (χ3n) is 24.1. The van der Waals surface area contributed by atoms with Crippen LogP contribution in [0.2, 0.25) is 0 Å². The number of carbonyl (C=O) groups excluding carboxylic acids is 5. The summed E-state index contributed by atoms with van der Waals surface area (Å²) in [4.78, 5) is 56.0. The lowest BCUT2D eigenvalue weighted by Crippen LogP contribution is -2.05. The van der Waals surface area contributed by atoms with Gasteiger partial charge in [0.25, 0.3) is 0 Å². The minimum Gasteiger partial charge on any atom is -0.462 e. The first-order valence-corrected chi connectivity index (χ1v) is 55.0. The van der Waals surface area contributed by atoms with E-state index >= 15 is 0 Å². The van der Waals surface area contributed by atoms with Crippen molar-refractivity contribution in [3.63, 3.8) is 0 Å². The molecule has 10 nitrogen and oxygen atoms in total. The largest absolute Gasteiger partial charge is 0.462 e. The molecule has 0 saturated carbocycles. The molecular weight excluding hydrogens is 1540 g/mol. The minimum absolute atomic E-state index is 0.252. The lowest BCUT2D eigenvalue weighted by atomic mass is 10.0. The molecule has 0 bridgehead atoms. The molecule has 0 aromatic rings. The van der Waals surface area contributed by atoms with Gasteiger partial charge in [0, 0.05) is 27.9 Å². The molecule has 10 heteroatoms.